The number of hydrogen-bond acceptors (Lipinski definition) is 5. The number of benzene rings is 1. The topological polar surface area (TPSA) is 70.7 Å². The van der Waals surface area contributed by atoms with Gasteiger partial charge in [0.2, 0.25) is 5.78 Å². The van der Waals surface area contributed by atoms with Crippen LogP contribution < -0.4 is 5.56 Å². The Kier molecular flexibility index (Phi) is 4.10. The minimum Gasteiger partial charge on any atom is -0.354 e. The Morgan fingerprint density at radius 2 is 1.95 bits per heavy atom. The number of para-hydroxylation sites is 1. The third-order valence-corrected chi connectivity index (χ3v) is 3.79. The van der Waals surface area contributed by atoms with Crippen molar-refractivity contribution in [3.05, 3.63) is 40.4 Å². The highest BCUT2D eigenvalue weighted by Gasteiger charge is 2.18. The van der Waals surface area contributed by atoms with Crippen LogP contribution in [0.5, 0.6) is 0 Å². The maximum absolute atomic E-state index is 12.7. The fraction of sp³-hybridized carbons (Fsp3) is 0.357. The van der Waals surface area contributed by atoms with E-state index in [0.717, 1.165) is 5.52 Å². The standard InChI is InChI=1S/C14H15ClN4O3/c1-21-12(22-2)8-18-13(20)9-5-3-4-6-10(9)19-11(7-15)16-17-14(18)19/h3-6,12H,7-8H2,1-2H3. The summed E-state index contributed by atoms with van der Waals surface area (Å²) in [5.74, 6) is 1.19. The molecule has 0 atom stereocenters. The monoisotopic (exact) mass is 322 g/mol. The number of nitrogens with zero attached hydrogens (tertiary/aromatic N) is 4. The van der Waals surface area contributed by atoms with E-state index in [2.05, 4.69) is 10.2 Å². The van der Waals surface area contributed by atoms with Crippen LogP contribution in [0.2, 0.25) is 0 Å². The zero-order valence-electron chi connectivity index (χ0n) is 12.2. The molecule has 0 radical (unpaired) electrons. The molecular weight excluding hydrogens is 308 g/mol. The molecule has 0 fully saturated rings. The van der Waals surface area contributed by atoms with Crippen LogP contribution in [0.15, 0.2) is 29.1 Å². The zero-order chi connectivity index (χ0) is 15.7. The minimum atomic E-state index is -0.557. The number of aromatic nitrogens is 4. The van der Waals surface area contributed by atoms with Crippen LogP contribution >= 0.6 is 11.6 Å². The van der Waals surface area contributed by atoms with Gasteiger partial charge < -0.3 is 9.47 Å². The molecule has 3 rings (SSSR count). The predicted molar refractivity (Wildman–Crippen MR) is 82.1 cm³/mol. The third kappa shape index (κ3) is 2.27. The first-order valence-corrected chi connectivity index (χ1v) is 7.21. The molecule has 0 bridgehead atoms. The van der Waals surface area contributed by atoms with Crippen molar-refractivity contribution >= 4 is 28.3 Å². The molecule has 0 spiro atoms. The first-order valence-electron chi connectivity index (χ1n) is 6.68. The summed E-state index contributed by atoms with van der Waals surface area (Å²) < 4.78 is 13.6. The molecule has 116 valence electrons. The molecule has 0 aliphatic carbocycles. The van der Waals surface area contributed by atoms with Gasteiger partial charge in [-0.15, -0.1) is 21.8 Å². The fourth-order valence-electron chi connectivity index (χ4n) is 2.46. The molecule has 2 aromatic heterocycles. The third-order valence-electron chi connectivity index (χ3n) is 3.55. The van der Waals surface area contributed by atoms with E-state index in [1.807, 2.05) is 18.2 Å². The van der Waals surface area contributed by atoms with Gasteiger partial charge in [-0.05, 0) is 12.1 Å². The van der Waals surface area contributed by atoms with E-state index in [1.54, 1.807) is 10.5 Å². The molecule has 1 aromatic carbocycles. The lowest BCUT2D eigenvalue weighted by molar-refractivity contribution is -0.110. The summed E-state index contributed by atoms with van der Waals surface area (Å²) in [4.78, 5) is 12.7. The summed E-state index contributed by atoms with van der Waals surface area (Å²) in [6.45, 7) is 0.209. The molecule has 3 aromatic rings. The molecule has 0 amide bonds. The van der Waals surface area contributed by atoms with Crippen molar-refractivity contribution in [2.75, 3.05) is 14.2 Å². The van der Waals surface area contributed by atoms with Crippen molar-refractivity contribution in [3.63, 3.8) is 0 Å². The molecule has 0 unspecified atom stereocenters. The summed E-state index contributed by atoms with van der Waals surface area (Å²) in [5, 5.41) is 8.73. The average Bonchev–Trinajstić information content (AvgIpc) is 2.99. The minimum absolute atomic E-state index is 0.171. The van der Waals surface area contributed by atoms with Crippen LogP contribution in [0.4, 0.5) is 0 Å². The summed E-state index contributed by atoms with van der Waals surface area (Å²) in [7, 11) is 3.04. The molecular formula is C14H15ClN4O3. The second-order valence-electron chi connectivity index (χ2n) is 4.72. The van der Waals surface area contributed by atoms with Gasteiger partial charge in [-0.1, -0.05) is 12.1 Å². The van der Waals surface area contributed by atoms with E-state index in [9.17, 15) is 4.79 Å². The zero-order valence-corrected chi connectivity index (χ0v) is 12.9. The van der Waals surface area contributed by atoms with E-state index < -0.39 is 6.29 Å². The lowest BCUT2D eigenvalue weighted by atomic mass is 10.2. The molecule has 7 nitrogen and oxygen atoms in total. The molecule has 8 heteroatoms. The second-order valence-corrected chi connectivity index (χ2v) is 4.99. The quantitative estimate of drug-likeness (QED) is 0.524. The number of hydrogen-bond donors (Lipinski definition) is 0. The lowest BCUT2D eigenvalue weighted by Gasteiger charge is -2.16. The van der Waals surface area contributed by atoms with Crippen LogP contribution in [0.1, 0.15) is 5.82 Å². The van der Waals surface area contributed by atoms with Crippen molar-refractivity contribution in [2.45, 2.75) is 18.7 Å². The summed E-state index contributed by atoms with van der Waals surface area (Å²) in [5.41, 5.74) is 0.557. The molecule has 2 heterocycles. The molecule has 22 heavy (non-hydrogen) atoms. The van der Waals surface area contributed by atoms with Gasteiger partial charge in [-0.2, -0.15) is 0 Å². The van der Waals surface area contributed by atoms with Crippen LogP contribution in [0.3, 0.4) is 0 Å². The lowest BCUT2D eigenvalue weighted by Crippen LogP contribution is -2.30. The number of halogens is 1. The van der Waals surface area contributed by atoms with Gasteiger partial charge in [0.25, 0.3) is 5.56 Å². The smallest absolute Gasteiger partial charge is 0.262 e. The Balaban J connectivity index is 2.37. The highest BCUT2D eigenvalue weighted by molar-refractivity contribution is 6.16. The summed E-state index contributed by atoms with van der Waals surface area (Å²) in [6, 6.07) is 7.28. The van der Waals surface area contributed by atoms with Crippen molar-refractivity contribution in [1.29, 1.82) is 0 Å². The van der Waals surface area contributed by atoms with Crippen molar-refractivity contribution < 1.29 is 9.47 Å². The number of alkyl halides is 1. The average molecular weight is 323 g/mol. The van der Waals surface area contributed by atoms with Gasteiger partial charge in [0.15, 0.2) is 12.1 Å². The molecule has 0 N–H and O–H groups in total. The van der Waals surface area contributed by atoms with E-state index in [4.69, 9.17) is 21.1 Å². The van der Waals surface area contributed by atoms with Crippen molar-refractivity contribution in [1.82, 2.24) is 19.2 Å². The maximum atomic E-state index is 12.7. The Morgan fingerprint density at radius 3 is 2.64 bits per heavy atom. The number of fused-ring (bicyclic) bond motifs is 3. The first kappa shape index (κ1) is 15.0. The van der Waals surface area contributed by atoms with Crippen LogP contribution in [0.25, 0.3) is 16.7 Å². The number of methoxy groups -OCH3 is 2. The van der Waals surface area contributed by atoms with E-state index in [1.165, 1.54) is 18.8 Å². The normalized spacial score (nSPS) is 11.8. The SMILES string of the molecule is COC(Cn1c(=O)c2ccccc2n2c(CCl)nnc12)OC. The summed E-state index contributed by atoms with van der Waals surface area (Å²) >= 11 is 5.94. The number of rotatable bonds is 5. The van der Waals surface area contributed by atoms with E-state index in [0.29, 0.717) is 17.0 Å². The highest BCUT2D eigenvalue weighted by atomic mass is 35.5. The molecule has 0 aliphatic rings. The van der Waals surface area contributed by atoms with E-state index >= 15 is 0 Å². The maximum Gasteiger partial charge on any atom is 0.262 e. The fourth-order valence-corrected chi connectivity index (χ4v) is 2.63. The van der Waals surface area contributed by atoms with Crippen molar-refractivity contribution in [2.24, 2.45) is 0 Å². The first-order chi connectivity index (χ1) is 10.7. The van der Waals surface area contributed by atoms with E-state index in [-0.39, 0.29) is 18.0 Å². The van der Waals surface area contributed by atoms with Gasteiger partial charge >= 0.3 is 0 Å². The van der Waals surface area contributed by atoms with Gasteiger partial charge in [0.1, 0.15) is 0 Å². The Labute approximate surface area is 131 Å². The Bertz CT molecular complexity index is 870. The Morgan fingerprint density at radius 1 is 1.23 bits per heavy atom. The summed E-state index contributed by atoms with van der Waals surface area (Å²) in [6.07, 6.45) is -0.557. The molecule has 0 aliphatic heterocycles. The highest BCUT2D eigenvalue weighted by Crippen LogP contribution is 2.16. The van der Waals surface area contributed by atoms with Gasteiger partial charge in [0.05, 0.1) is 23.3 Å². The van der Waals surface area contributed by atoms with Gasteiger partial charge in [-0.25, -0.2) is 0 Å². The van der Waals surface area contributed by atoms with Crippen molar-refractivity contribution in [3.8, 4) is 0 Å². The Hall–Kier alpha value is -1.96. The van der Waals surface area contributed by atoms with Crippen LogP contribution in [-0.2, 0) is 21.9 Å². The van der Waals surface area contributed by atoms with Gasteiger partial charge in [0, 0.05) is 14.2 Å². The molecule has 0 saturated carbocycles. The molecule has 0 saturated heterocycles. The predicted octanol–water partition coefficient (Wildman–Crippen LogP) is 1.40. The number of ether oxygens (including phenoxy) is 2. The van der Waals surface area contributed by atoms with Gasteiger partial charge in [-0.3, -0.25) is 13.8 Å². The second kappa shape index (κ2) is 6.04. The van der Waals surface area contributed by atoms with Crippen LogP contribution in [0, 0.1) is 0 Å². The largest absolute Gasteiger partial charge is 0.354 e. The van der Waals surface area contributed by atoms with Crippen LogP contribution in [-0.4, -0.2) is 39.7 Å².